The third kappa shape index (κ3) is 3.88. The third-order valence-corrected chi connectivity index (χ3v) is 4.01. The number of hydrogen-bond acceptors (Lipinski definition) is 4. The Morgan fingerprint density at radius 3 is 2.80 bits per heavy atom. The average molecular weight is 401 g/mol. The first kappa shape index (κ1) is 17.2. The van der Waals surface area contributed by atoms with Crippen molar-refractivity contribution in [1.29, 1.82) is 0 Å². The number of carbonyl (C=O) groups excluding carboxylic acids is 1. The van der Waals surface area contributed by atoms with E-state index in [2.05, 4.69) is 31.4 Å². The Kier molecular flexibility index (Phi) is 5.14. The molecule has 3 aromatic rings. The smallest absolute Gasteiger partial charge is 0.290 e. The zero-order chi connectivity index (χ0) is 17.8. The number of nitrogens with zero attached hydrogens (tertiary/aromatic N) is 3. The fraction of sp³-hybridized carbons (Fsp3) is 0.167. The minimum absolute atomic E-state index is 0.315. The molecule has 2 aromatic heterocycles. The van der Waals surface area contributed by atoms with Gasteiger partial charge in [0.1, 0.15) is 17.1 Å². The maximum atomic E-state index is 12.5. The normalized spacial score (nSPS) is 11.2. The van der Waals surface area contributed by atoms with Crippen LogP contribution in [0.15, 0.2) is 52.2 Å². The van der Waals surface area contributed by atoms with Crippen LogP contribution < -0.4 is 10.2 Å². The second-order valence-electron chi connectivity index (χ2n) is 5.32. The Balaban J connectivity index is 1.74. The lowest BCUT2D eigenvalue weighted by molar-refractivity contribution is 0.0948. The minimum Gasteiger partial charge on any atom is -0.494 e. The number of nitrogens with one attached hydrogen (secondary N) is 1. The SMILES string of the molecule is CCOc1ccc(C=NNC(=O)c2c(C)nc3ccc(Br)cn23)cc1. The molecule has 6 nitrogen and oxygen atoms in total. The highest BCUT2D eigenvalue weighted by Crippen LogP contribution is 2.16. The summed E-state index contributed by atoms with van der Waals surface area (Å²) in [6.45, 7) is 4.36. The highest BCUT2D eigenvalue weighted by molar-refractivity contribution is 9.10. The van der Waals surface area contributed by atoms with Crippen LogP contribution in [0.3, 0.4) is 0 Å². The fourth-order valence-corrected chi connectivity index (χ4v) is 2.78. The van der Waals surface area contributed by atoms with E-state index in [0.717, 1.165) is 15.8 Å². The molecule has 0 aliphatic heterocycles. The van der Waals surface area contributed by atoms with Crippen molar-refractivity contribution < 1.29 is 9.53 Å². The van der Waals surface area contributed by atoms with E-state index in [4.69, 9.17) is 4.74 Å². The van der Waals surface area contributed by atoms with E-state index in [9.17, 15) is 4.79 Å². The summed E-state index contributed by atoms with van der Waals surface area (Å²) in [5.41, 5.74) is 5.22. The van der Waals surface area contributed by atoms with Crippen molar-refractivity contribution in [3.63, 3.8) is 0 Å². The molecule has 0 aliphatic carbocycles. The van der Waals surface area contributed by atoms with E-state index < -0.39 is 0 Å². The standard InChI is InChI=1S/C18H17BrN4O2/c1-3-25-15-7-4-13(5-8-15)10-20-22-18(24)17-12(2)21-16-9-6-14(19)11-23(16)17/h4-11H,3H2,1-2H3,(H,22,24). The second-order valence-corrected chi connectivity index (χ2v) is 6.24. The minimum atomic E-state index is -0.315. The van der Waals surface area contributed by atoms with Gasteiger partial charge in [-0.15, -0.1) is 0 Å². The van der Waals surface area contributed by atoms with Gasteiger partial charge in [0.05, 0.1) is 18.5 Å². The number of hydrogen-bond donors (Lipinski definition) is 1. The molecule has 0 radical (unpaired) electrons. The number of ether oxygens (including phenoxy) is 1. The number of imidazole rings is 1. The highest BCUT2D eigenvalue weighted by atomic mass is 79.9. The summed E-state index contributed by atoms with van der Waals surface area (Å²) in [6, 6.07) is 11.2. The molecule has 1 aromatic carbocycles. The van der Waals surface area contributed by atoms with Gasteiger partial charge in [-0.05, 0) is 71.7 Å². The topological polar surface area (TPSA) is 68.0 Å². The van der Waals surface area contributed by atoms with Crippen LogP contribution in [-0.2, 0) is 0 Å². The molecule has 128 valence electrons. The van der Waals surface area contributed by atoms with E-state index >= 15 is 0 Å². The number of aromatic nitrogens is 2. The van der Waals surface area contributed by atoms with Crippen LogP contribution in [0, 0.1) is 6.92 Å². The van der Waals surface area contributed by atoms with Gasteiger partial charge in [-0.2, -0.15) is 5.10 Å². The van der Waals surface area contributed by atoms with Crippen molar-refractivity contribution >= 4 is 33.7 Å². The van der Waals surface area contributed by atoms with E-state index in [1.807, 2.05) is 43.3 Å². The molecule has 25 heavy (non-hydrogen) atoms. The number of hydrazone groups is 1. The van der Waals surface area contributed by atoms with Gasteiger partial charge in [0.15, 0.2) is 0 Å². The second kappa shape index (κ2) is 7.48. The zero-order valence-electron chi connectivity index (χ0n) is 13.9. The number of benzene rings is 1. The predicted molar refractivity (Wildman–Crippen MR) is 100 cm³/mol. The zero-order valence-corrected chi connectivity index (χ0v) is 15.4. The molecule has 0 spiro atoms. The highest BCUT2D eigenvalue weighted by Gasteiger charge is 2.16. The molecule has 0 atom stereocenters. The first-order valence-corrected chi connectivity index (χ1v) is 8.58. The summed E-state index contributed by atoms with van der Waals surface area (Å²) < 4.78 is 7.99. The van der Waals surface area contributed by atoms with Crippen LogP contribution in [0.4, 0.5) is 0 Å². The summed E-state index contributed by atoms with van der Waals surface area (Å²) >= 11 is 3.40. The molecule has 0 unspecified atom stereocenters. The summed E-state index contributed by atoms with van der Waals surface area (Å²) in [7, 11) is 0. The van der Waals surface area contributed by atoms with E-state index in [1.54, 1.807) is 23.7 Å². The number of aryl methyl sites for hydroxylation is 1. The van der Waals surface area contributed by atoms with E-state index in [1.165, 1.54) is 0 Å². The fourth-order valence-electron chi connectivity index (χ4n) is 2.45. The number of carbonyl (C=O) groups is 1. The quantitative estimate of drug-likeness (QED) is 0.525. The molecular formula is C18H17BrN4O2. The van der Waals surface area contributed by atoms with Crippen molar-refractivity contribution in [2.45, 2.75) is 13.8 Å². The Hall–Kier alpha value is -2.67. The maximum absolute atomic E-state index is 12.5. The molecule has 0 saturated carbocycles. The first-order valence-electron chi connectivity index (χ1n) is 7.79. The molecule has 0 bridgehead atoms. The number of fused-ring (bicyclic) bond motifs is 1. The third-order valence-electron chi connectivity index (χ3n) is 3.54. The molecule has 2 heterocycles. The Morgan fingerprint density at radius 2 is 2.08 bits per heavy atom. The van der Waals surface area contributed by atoms with Crippen molar-refractivity contribution in [2.24, 2.45) is 5.10 Å². The summed E-state index contributed by atoms with van der Waals surface area (Å²) in [5.74, 6) is 0.487. The molecule has 1 amide bonds. The Morgan fingerprint density at radius 1 is 1.32 bits per heavy atom. The lowest BCUT2D eigenvalue weighted by atomic mass is 10.2. The molecular weight excluding hydrogens is 384 g/mol. The Labute approximate surface area is 153 Å². The molecule has 0 saturated heterocycles. The molecule has 3 rings (SSSR count). The van der Waals surface area contributed by atoms with Gasteiger partial charge in [0.25, 0.3) is 5.91 Å². The van der Waals surface area contributed by atoms with Crippen LogP contribution >= 0.6 is 15.9 Å². The Bertz CT molecular complexity index is 932. The van der Waals surface area contributed by atoms with Crippen LogP contribution in [-0.4, -0.2) is 28.1 Å². The number of amides is 1. The number of halogens is 1. The van der Waals surface area contributed by atoms with Crippen LogP contribution in [0.2, 0.25) is 0 Å². The van der Waals surface area contributed by atoms with Crippen LogP contribution in [0.5, 0.6) is 5.75 Å². The predicted octanol–water partition coefficient (Wildman–Crippen LogP) is 3.57. The van der Waals surface area contributed by atoms with E-state index in [0.29, 0.717) is 23.6 Å². The number of rotatable bonds is 5. The molecule has 0 aliphatic rings. The van der Waals surface area contributed by atoms with Gasteiger partial charge >= 0.3 is 0 Å². The van der Waals surface area contributed by atoms with Gasteiger partial charge in [0, 0.05) is 10.7 Å². The largest absolute Gasteiger partial charge is 0.494 e. The first-order chi connectivity index (χ1) is 12.1. The molecule has 0 fully saturated rings. The van der Waals surface area contributed by atoms with Crippen LogP contribution in [0.25, 0.3) is 5.65 Å². The summed E-state index contributed by atoms with van der Waals surface area (Å²) in [4.78, 5) is 16.8. The number of pyridine rings is 1. The average Bonchev–Trinajstić information content (AvgIpc) is 2.91. The van der Waals surface area contributed by atoms with Crippen molar-refractivity contribution in [2.75, 3.05) is 6.61 Å². The maximum Gasteiger partial charge on any atom is 0.290 e. The van der Waals surface area contributed by atoms with E-state index in [-0.39, 0.29) is 5.91 Å². The van der Waals surface area contributed by atoms with Crippen molar-refractivity contribution in [1.82, 2.24) is 14.8 Å². The molecule has 7 heteroatoms. The van der Waals surface area contributed by atoms with Gasteiger partial charge in [0.2, 0.25) is 0 Å². The lowest BCUT2D eigenvalue weighted by Gasteiger charge is -2.03. The van der Waals surface area contributed by atoms with Gasteiger partial charge in [-0.25, -0.2) is 10.4 Å². The summed E-state index contributed by atoms with van der Waals surface area (Å²) in [6.07, 6.45) is 3.39. The van der Waals surface area contributed by atoms with Gasteiger partial charge < -0.3 is 4.74 Å². The lowest BCUT2D eigenvalue weighted by Crippen LogP contribution is -2.20. The van der Waals surface area contributed by atoms with Crippen molar-refractivity contribution in [3.8, 4) is 5.75 Å². The molecule has 1 N–H and O–H groups in total. The van der Waals surface area contributed by atoms with Crippen molar-refractivity contribution in [3.05, 3.63) is 64.0 Å². The van der Waals surface area contributed by atoms with Gasteiger partial charge in [-0.3, -0.25) is 9.20 Å². The van der Waals surface area contributed by atoms with Gasteiger partial charge in [-0.1, -0.05) is 0 Å². The monoisotopic (exact) mass is 400 g/mol. The van der Waals surface area contributed by atoms with Crippen LogP contribution in [0.1, 0.15) is 28.7 Å². The summed E-state index contributed by atoms with van der Waals surface area (Å²) in [5, 5.41) is 4.03.